The van der Waals surface area contributed by atoms with E-state index >= 15 is 0 Å². The number of pyridine rings is 1. The third kappa shape index (κ3) is 8.00. The standard InChI is InChI=1S/C28H32N2O6S3/c1-19(2)37-17-25-21(5)26(18-38-20(3)4)28(31)29(27(25)16-11-22-9-7-6-8-10-22)36-39(34,35)24-14-12-23(13-15-24)30(32)33/h6-16,19-20H,17-18H2,1-5H3. The molecule has 39 heavy (non-hydrogen) atoms. The number of nitro groups is 1. The second kappa shape index (κ2) is 13.4. The summed E-state index contributed by atoms with van der Waals surface area (Å²) in [6.45, 7) is 10.1. The minimum atomic E-state index is -4.50. The van der Waals surface area contributed by atoms with Crippen LogP contribution in [0.15, 0.2) is 64.3 Å². The average molecular weight is 589 g/mol. The third-order valence-electron chi connectivity index (χ3n) is 5.74. The molecule has 0 aliphatic heterocycles. The molecule has 3 rings (SSSR count). The molecule has 2 aromatic carbocycles. The van der Waals surface area contributed by atoms with Gasteiger partial charge in [0.15, 0.2) is 0 Å². The molecule has 11 heteroatoms. The molecule has 208 valence electrons. The summed E-state index contributed by atoms with van der Waals surface area (Å²) in [6.07, 6.45) is 3.50. The fourth-order valence-corrected chi connectivity index (χ4v) is 6.20. The highest BCUT2D eigenvalue weighted by Crippen LogP contribution is 2.28. The lowest BCUT2D eigenvalue weighted by Crippen LogP contribution is -2.36. The molecule has 0 saturated heterocycles. The largest absolute Gasteiger partial charge is 0.357 e. The van der Waals surface area contributed by atoms with Crippen LogP contribution in [-0.4, -0.2) is 28.6 Å². The van der Waals surface area contributed by atoms with Crippen molar-refractivity contribution in [3.8, 4) is 0 Å². The van der Waals surface area contributed by atoms with Gasteiger partial charge in [0.2, 0.25) is 0 Å². The highest BCUT2D eigenvalue weighted by molar-refractivity contribution is 7.99. The summed E-state index contributed by atoms with van der Waals surface area (Å²) in [6, 6.07) is 13.8. The lowest BCUT2D eigenvalue weighted by Gasteiger charge is -2.20. The minimum absolute atomic E-state index is 0.256. The normalized spacial score (nSPS) is 12.0. The summed E-state index contributed by atoms with van der Waals surface area (Å²) >= 11 is 3.26. The van der Waals surface area contributed by atoms with Crippen LogP contribution in [0.3, 0.4) is 0 Å². The maximum Gasteiger partial charge on any atom is 0.357 e. The monoisotopic (exact) mass is 588 g/mol. The first-order valence-electron chi connectivity index (χ1n) is 12.3. The van der Waals surface area contributed by atoms with Crippen molar-refractivity contribution in [2.24, 2.45) is 0 Å². The van der Waals surface area contributed by atoms with Gasteiger partial charge in [0.1, 0.15) is 4.90 Å². The minimum Gasteiger partial charge on any atom is -0.280 e. The lowest BCUT2D eigenvalue weighted by atomic mass is 10.0. The van der Waals surface area contributed by atoms with Gasteiger partial charge in [-0.3, -0.25) is 19.2 Å². The van der Waals surface area contributed by atoms with E-state index in [9.17, 15) is 23.3 Å². The van der Waals surface area contributed by atoms with Crippen LogP contribution >= 0.6 is 23.5 Å². The van der Waals surface area contributed by atoms with E-state index in [0.717, 1.165) is 45.7 Å². The Kier molecular flexibility index (Phi) is 10.5. The smallest absolute Gasteiger partial charge is 0.280 e. The van der Waals surface area contributed by atoms with Gasteiger partial charge in [-0.15, -0.1) is 4.73 Å². The molecule has 0 atom stereocenters. The van der Waals surface area contributed by atoms with Crippen molar-refractivity contribution >= 4 is 51.5 Å². The van der Waals surface area contributed by atoms with Crippen molar-refractivity contribution in [3.63, 3.8) is 0 Å². The van der Waals surface area contributed by atoms with Gasteiger partial charge < -0.3 is 0 Å². The van der Waals surface area contributed by atoms with Crippen LogP contribution in [0.25, 0.3) is 12.2 Å². The number of hydrogen-bond donors (Lipinski definition) is 0. The van der Waals surface area contributed by atoms with Crippen LogP contribution in [0.4, 0.5) is 5.69 Å². The maximum atomic E-state index is 13.8. The van der Waals surface area contributed by atoms with E-state index in [1.54, 1.807) is 35.7 Å². The molecule has 8 nitrogen and oxygen atoms in total. The van der Waals surface area contributed by atoms with Crippen molar-refractivity contribution in [3.05, 3.63) is 103 Å². The van der Waals surface area contributed by atoms with Gasteiger partial charge in [-0.25, -0.2) is 0 Å². The molecule has 1 heterocycles. The Balaban J connectivity index is 2.23. The number of thioether (sulfide) groups is 2. The Labute approximate surface area is 237 Å². The SMILES string of the molecule is Cc1c(CSC(C)C)c(C=Cc2ccccc2)n(OS(=O)(=O)c2ccc([N+](=O)[O-])cc2)c(=O)c1CSC(C)C. The Morgan fingerprint density at radius 2 is 1.49 bits per heavy atom. The highest BCUT2D eigenvalue weighted by Gasteiger charge is 2.25. The van der Waals surface area contributed by atoms with Gasteiger partial charge in [0, 0.05) is 29.2 Å². The van der Waals surface area contributed by atoms with E-state index in [0.29, 0.717) is 28.0 Å². The fourth-order valence-electron chi connectivity index (χ4n) is 3.60. The second-order valence-corrected chi connectivity index (χ2v) is 14.0. The summed E-state index contributed by atoms with van der Waals surface area (Å²) in [7, 11) is -4.50. The highest BCUT2D eigenvalue weighted by atomic mass is 32.2. The first-order chi connectivity index (χ1) is 18.4. The van der Waals surface area contributed by atoms with Gasteiger partial charge >= 0.3 is 10.1 Å². The Bertz CT molecular complexity index is 1500. The van der Waals surface area contributed by atoms with Crippen molar-refractivity contribution < 1.29 is 17.6 Å². The quantitative estimate of drug-likeness (QED) is 0.178. The predicted octanol–water partition coefficient (Wildman–Crippen LogP) is 6.34. The molecular weight excluding hydrogens is 557 g/mol. The molecular formula is C28H32N2O6S3. The summed E-state index contributed by atoms with van der Waals surface area (Å²) in [5.41, 5.74) is 2.47. The van der Waals surface area contributed by atoms with Gasteiger partial charge in [0.25, 0.3) is 11.2 Å². The molecule has 0 amide bonds. The van der Waals surface area contributed by atoms with Crippen molar-refractivity contribution in [1.82, 2.24) is 4.73 Å². The zero-order valence-electron chi connectivity index (χ0n) is 22.5. The zero-order chi connectivity index (χ0) is 28.7. The van der Waals surface area contributed by atoms with Crippen molar-refractivity contribution in [2.75, 3.05) is 0 Å². The predicted molar refractivity (Wildman–Crippen MR) is 161 cm³/mol. The number of hydrogen-bond acceptors (Lipinski definition) is 8. The molecule has 0 N–H and O–H groups in total. The average Bonchev–Trinajstić information content (AvgIpc) is 2.89. The number of rotatable bonds is 12. The van der Waals surface area contributed by atoms with Crippen LogP contribution in [0.5, 0.6) is 0 Å². The van der Waals surface area contributed by atoms with E-state index in [1.807, 2.05) is 51.1 Å². The second-order valence-electron chi connectivity index (χ2n) is 9.31. The van der Waals surface area contributed by atoms with E-state index in [4.69, 9.17) is 4.28 Å². The molecule has 0 aliphatic rings. The van der Waals surface area contributed by atoms with Gasteiger partial charge in [-0.1, -0.05) is 64.1 Å². The number of aromatic nitrogens is 1. The number of benzene rings is 2. The first-order valence-corrected chi connectivity index (χ1v) is 15.8. The molecule has 0 aliphatic carbocycles. The van der Waals surface area contributed by atoms with E-state index in [1.165, 1.54) is 0 Å². The topological polar surface area (TPSA) is 109 Å². The van der Waals surface area contributed by atoms with Crippen LogP contribution in [-0.2, 0) is 21.6 Å². The lowest BCUT2D eigenvalue weighted by molar-refractivity contribution is -0.384. The van der Waals surface area contributed by atoms with Crippen LogP contribution in [0, 0.1) is 17.0 Å². The Morgan fingerprint density at radius 1 is 0.923 bits per heavy atom. The Hall–Kier alpha value is -3.02. The van der Waals surface area contributed by atoms with Crippen molar-refractivity contribution in [2.45, 2.75) is 61.5 Å². The molecule has 0 unspecified atom stereocenters. The molecule has 0 radical (unpaired) electrons. The fraction of sp³-hybridized carbons (Fsp3) is 0.321. The molecule has 0 bridgehead atoms. The van der Waals surface area contributed by atoms with Gasteiger partial charge in [-0.2, -0.15) is 31.9 Å². The van der Waals surface area contributed by atoms with Crippen LogP contribution < -0.4 is 9.84 Å². The van der Waals surface area contributed by atoms with Crippen LogP contribution in [0.1, 0.15) is 55.6 Å². The summed E-state index contributed by atoms with van der Waals surface area (Å²) < 4.78 is 33.0. The number of nitrogens with zero attached hydrogens (tertiary/aromatic N) is 2. The summed E-state index contributed by atoms with van der Waals surface area (Å²) in [4.78, 5) is 23.9. The molecule has 1 aromatic heterocycles. The van der Waals surface area contributed by atoms with E-state index in [-0.39, 0.29) is 15.8 Å². The maximum absolute atomic E-state index is 13.8. The third-order valence-corrected chi connectivity index (χ3v) is 9.18. The molecule has 0 spiro atoms. The zero-order valence-corrected chi connectivity index (χ0v) is 24.9. The molecule has 0 fully saturated rings. The van der Waals surface area contributed by atoms with Gasteiger partial charge in [-0.05, 0) is 52.3 Å². The molecule has 3 aromatic rings. The van der Waals surface area contributed by atoms with Crippen molar-refractivity contribution in [1.29, 1.82) is 0 Å². The molecule has 0 saturated carbocycles. The summed E-state index contributed by atoms with van der Waals surface area (Å²) in [5, 5.41) is 11.6. The van der Waals surface area contributed by atoms with E-state index in [2.05, 4.69) is 13.8 Å². The Morgan fingerprint density at radius 3 is 2.03 bits per heavy atom. The van der Waals surface area contributed by atoms with E-state index < -0.39 is 20.6 Å². The van der Waals surface area contributed by atoms with Gasteiger partial charge in [0.05, 0.1) is 10.6 Å². The first kappa shape index (κ1) is 30.5. The van der Waals surface area contributed by atoms with Crippen LogP contribution in [0.2, 0.25) is 0 Å². The number of non-ortho nitro benzene ring substituents is 1. The number of nitro benzene ring substituents is 1. The summed E-state index contributed by atoms with van der Waals surface area (Å²) in [5.74, 6) is 0.934.